The first-order valence-corrected chi connectivity index (χ1v) is 11.0. The van der Waals surface area contributed by atoms with E-state index in [0.717, 1.165) is 29.3 Å². The summed E-state index contributed by atoms with van der Waals surface area (Å²) in [6.45, 7) is 1.28. The van der Waals surface area contributed by atoms with Crippen LogP contribution in [0.25, 0.3) is 5.65 Å². The Morgan fingerprint density at radius 3 is 2.59 bits per heavy atom. The van der Waals surface area contributed by atoms with Gasteiger partial charge in [0.15, 0.2) is 5.65 Å². The summed E-state index contributed by atoms with van der Waals surface area (Å²) < 4.78 is 31.2. The molecule has 1 aromatic carbocycles. The highest BCUT2D eigenvalue weighted by Gasteiger charge is 2.29. The van der Waals surface area contributed by atoms with E-state index < -0.39 is 10.0 Å². The highest BCUT2D eigenvalue weighted by molar-refractivity contribution is 9.10. The summed E-state index contributed by atoms with van der Waals surface area (Å²) in [5.74, 6) is 0. The molecule has 1 fully saturated rings. The van der Waals surface area contributed by atoms with E-state index in [2.05, 4.69) is 21.0 Å². The smallest absolute Gasteiger partial charge is 0.249 e. The molecule has 0 saturated carbocycles. The van der Waals surface area contributed by atoms with Crippen molar-refractivity contribution in [3.63, 3.8) is 0 Å². The summed E-state index contributed by atoms with van der Waals surface area (Å²) in [6, 6.07) is 10.7. The largest absolute Gasteiger partial charge is 0.350 e. The number of rotatable bonds is 4. The van der Waals surface area contributed by atoms with Crippen LogP contribution >= 0.6 is 15.9 Å². The summed E-state index contributed by atoms with van der Waals surface area (Å²) in [6.07, 6.45) is 4.30. The molecule has 142 valence electrons. The standard InChI is InChI=1S/C18H19BrN4O3S/c19-15-7-4-6-14(12-15)13-23-18(24)22-11-5-8-16(17(22)20-23)27(25,26)21-9-2-1-3-10-21/h4-8,11-12H,1-3,9-10,13H2. The van der Waals surface area contributed by atoms with E-state index in [1.807, 2.05) is 24.3 Å². The summed E-state index contributed by atoms with van der Waals surface area (Å²) >= 11 is 3.41. The summed E-state index contributed by atoms with van der Waals surface area (Å²) in [5.41, 5.74) is 0.707. The van der Waals surface area contributed by atoms with Gasteiger partial charge in [0.25, 0.3) is 0 Å². The van der Waals surface area contributed by atoms with Crippen LogP contribution < -0.4 is 5.69 Å². The topological polar surface area (TPSA) is 76.7 Å². The van der Waals surface area contributed by atoms with E-state index in [-0.39, 0.29) is 22.8 Å². The third kappa shape index (κ3) is 3.46. The minimum absolute atomic E-state index is 0.0805. The number of hydrogen-bond acceptors (Lipinski definition) is 4. The van der Waals surface area contributed by atoms with Gasteiger partial charge in [-0.2, -0.15) is 4.31 Å². The van der Waals surface area contributed by atoms with Gasteiger partial charge in [0.2, 0.25) is 10.0 Å². The Kier molecular flexibility index (Phi) is 4.92. The Balaban J connectivity index is 1.79. The summed E-state index contributed by atoms with van der Waals surface area (Å²) in [4.78, 5) is 12.8. The predicted molar refractivity (Wildman–Crippen MR) is 105 cm³/mol. The van der Waals surface area contributed by atoms with E-state index in [4.69, 9.17) is 0 Å². The molecule has 2 aromatic heterocycles. The first-order valence-electron chi connectivity index (χ1n) is 8.79. The molecule has 1 aliphatic heterocycles. The Morgan fingerprint density at radius 1 is 1.07 bits per heavy atom. The molecule has 7 nitrogen and oxygen atoms in total. The van der Waals surface area contributed by atoms with Gasteiger partial charge in [0.1, 0.15) is 4.90 Å². The average Bonchev–Trinajstić information content (AvgIpc) is 2.98. The van der Waals surface area contributed by atoms with Crippen LogP contribution in [0, 0.1) is 0 Å². The fourth-order valence-electron chi connectivity index (χ4n) is 3.37. The maximum absolute atomic E-state index is 13.1. The van der Waals surface area contributed by atoms with Crippen molar-refractivity contribution in [2.45, 2.75) is 30.7 Å². The molecular weight excluding hydrogens is 432 g/mol. The zero-order valence-corrected chi connectivity index (χ0v) is 17.0. The van der Waals surface area contributed by atoms with Crippen molar-refractivity contribution in [3.8, 4) is 0 Å². The molecule has 0 unspecified atom stereocenters. The molecule has 0 atom stereocenters. The molecule has 0 spiro atoms. The quantitative estimate of drug-likeness (QED) is 0.611. The van der Waals surface area contributed by atoms with Crippen LogP contribution in [0.5, 0.6) is 0 Å². The predicted octanol–water partition coefficient (Wildman–Crippen LogP) is 2.48. The third-order valence-electron chi connectivity index (χ3n) is 4.73. The molecule has 9 heteroatoms. The molecule has 0 N–H and O–H groups in total. The minimum atomic E-state index is -3.68. The van der Waals surface area contributed by atoms with E-state index >= 15 is 0 Å². The van der Waals surface area contributed by atoms with Crippen molar-refractivity contribution in [2.75, 3.05) is 13.1 Å². The van der Waals surface area contributed by atoms with Gasteiger partial charge in [-0.1, -0.05) is 34.5 Å². The molecule has 27 heavy (non-hydrogen) atoms. The van der Waals surface area contributed by atoms with Gasteiger partial charge < -0.3 is 0 Å². The SMILES string of the molecule is O=c1n(Cc2cccc(Br)c2)nc2c(S(=O)(=O)N3CCCCC3)cccn12. The first kappa shape index (κ1) is 18.4. The first-order chi connectivity index (χ1) is 13.0. The highest BCUT2D eigenvalue weighted by atomic mass is 79.9. The number of piperidine rings is 1. The molecule has 0 amide bonds. The van der Waals surface area contributed by atoms with E-state index in [1.54, 1.807) is 12.3 Å². The molecule has 3 aromatic rings. The van der Waals surface area contributed by atoms with Crippen LogP contribution in [0.2, 0.25) is 0 Å². The molecular formula is C18H19BrN4O3S. The average molecular weight is 451 g/mol. The zero-order valence-electron chi connectivity index (χ0n) is 14.6. The van der Waals surface area contributed by atoms with E-state index in [0.29, 0.717) is 13.1 Å². The summed E-state index contributed by atoms with van der Waals surface area (Å²) in [5, 5.41) is 4.34. The van der Waals surface area contributed by atoms with Crippen LogP contribution in [0.1, 0.15) is 24.8 Å². The van der Waals surface area contributed by atoms with Crippen LogP contribution in [0.3, 0.4) is 0 Å². The van der Waals surface area contributed by atoms with Crippen molar-refractivity contribution in [2.24, 2.45) is 0 Å². The van der Waals surface area contributed by atoms with Crippen molar-refractivity contribution in [1.82, 2.24) is 18.5 Å². The lowest BCUT2D eigenvalue weighted by molar-refractivity contribution is 0.347. The van der Waals surface area contributed by atoms with Gasteiger partial charge in [0, 0.05) is 23.8 Å². The Bertz CT molecular complexity index is 1150. The second-order valence-corrected chi connectivity index (χ2v) is 9.42. The minimum Gasteiger partial charge on any atom is -0.249 e. The lowest BCUT2D eigenvalue weighted by Crippen LogP contribution is -2.35. The Labute approximate surface area is 165 Å². The molecule has 0 bridgehead atoms. The van der Waals surface area contributed by atoms with Crippen LogP contribution in [-0.2, 0) is 16.6 Å². The molecule has 0 radical (unpaired) electrons. The normalized spacial score (nSPS) is 16.0. The Morgan fingerprint density at radius 2 is 1.85 bits per heavy atom. The fourth-order valence-corrected chi connectivity index (χ4v) is 5.45. The van der Waals surface area contributed by atoms with E-state index in [1.165, 1.54) is 19.5 Å². The van der Waals surface area contributed by atoms with Gasteiger partial charge in [-0.25, -0.2) is 22.3 Å². The van der Waals surface area contributed by atoms with E-state index in [9.17, 15) is 13.2 Å². The van der Waals surface area contributed by atoms with Crippen LogP contribution in [0.4, 0.5) is 0 Å². The van der Waals surface area contributed by atoms with Gasteiger partial charge in [-0.15, -0.1) is 5.10 Å². The molecule has 1 saturated heterocycles. The van der Waals surface area contributed by atoms with Crippen molar-refractivity contribution in [3.05, 3.63) is 63.1 Å². The highest BCUT2D eigenvalue weighted by Crippen LogP contribution is 2.23. The molecule has 0 aliphatic carbocycles. The van der Waals surface area contributed by atoms with Crippen molar-refractivity contribution in [1.29, 1.82) is 0 Å². The number of fused-ring (bicyclic) bond motifs is 1. The second kappa shape index (κ2) is 7.21. The number of aromatic nitrogens is 3. The van der Waals surface area contributed by atoms with Crippen LogP contribution in [-0.4, -0.2) is 40.0 Å². The molecule has 4 rings (SSSR count). The molecule has 1 aliphatic rings. The summed E-state index contributed by atoms with van der Waals surface area (Å²) in [7, 11) is -3.68. The third-order valence-corrected chi connectivity index (χ3v) is 7.14. The van der Waals surface area contributed by atoms with Crippen LogP contribution in [0.15, 0.2) is 56.8 Å². The number of pyridine rings is 1. The van der Waals surface area contributed by atoms with Crippen molar-refractivity contribution < 1.29 is 8.42 Å². The maximum Gasteiger partial charge on any atom is 0.350 e. The van der Waals surface area contributed by atoms with Gasteiger partial charge in [0.05, 0.1) is 6.54 Å². The maximum atomic E-state index is 13.1. The fraction of sp³-hybridized carbons (Fsp3) is 0.333. The number of hydrogen-bond donors (Lipinski definition) is 0. The lowest BCUT2D eigenvalue weighted by Gasteiger charge is -2.25. The second-order valence-electron chi connectivity index (χ2n) is 6.60. The number of sulfonamides is 1. The number of nitrogens with zero attached hydrogens (tertiary/aromatic N) is 4. The monoisotopic (exact) mass is 450 g/mol. The van der Waals surface area contributed by atoms with Crippen molar-refractivity contribution >= 4 is 31.6 Å². The van der Waals surface area contributed by atoms with Gasteiger partial charge in [-0.05, 0) is 42.7 Å². The number of benzene rings is 1. The zero-order chi connectivity index (χ0) is 19.0. The van der Waals surface area contributed by atoms with Gasteiger partial charge in [-0.3, -0.25) is 0 Å². The van der Waals surface area contributed by atoms with Gasteiger partial charge >= 0.3 is 5.69 Å². The number of halogens is 1. The Hall–Kier alpha value is -1.97. The lowest BCUT2D eigenvalue weighted by atomic mass is 10.2. The molecule has 3 heterocycles.